The fraction of sp³-hybridized carbons (Fsp3) is 0.125. The summed E-state index contributed by atoms with van der Waals surface area (Å²) in [6, 6.07) is 9.11. The normalized spacial score (nSPS) is 10.8. The molecular weight excluding hydrogens is 362 g/mol. The van der Waals surface area contributed by atoms with Crippen LogP contribution in [0.25, 0.3) is 0 Å². The van der Waals surface area contributed by atoms with E-state index >= 15 is 0 Å². The highest BCUT2D eigenvalue weighted by molar-refractivity contribution is 7.89. The van der Waals surface area contributed by atoms with Crippen molar-refractivity contribution in [3.8, 4) is 11.5 Å². The quantitative estimate of drug-likeness (QED) is 0.553. The molecule has 0 aliphatic rings. The molecule has 0 radical (unpaired) electrons. The monoisotopic (exact) mass is 379 g/mol. The molecule has 0 aliphatic heterocycles. The largest absolute Gasteiger partial charge is 0.508 e. The van der Waals surface area contributed by atoms with Gasteiger partial charge in [-0.25, -0.2) is 8.42 Å². The van der Waals surface area contributed by atoms with Crippen LogP contribution in [0.5, 0.6) is 11.5 Å². The molecule has 0 fully saturated rings. The van der Waals surface area contributed by atoms with Crippen molar-refractivity contribution in [2.75, 3.05) is 12.4 Å². The molecule has 0 aliphatic carbocycles. The van der Waals surface area contributed by atoms with Gasteiger partial charge in [-0.3, -0.25) is 15.0 Å². The van der Waals surface area contributed by atoms with Gasteiger partial charge in [-0.2, -0.15) is 0 Å². The summed E-state index contributed by atoms with van der Waals surface area (Å²) in [6.07, 6.45) is 0. The molecule has 0 unspecified atom stereocenters. The fourth-order valence-electron chi connectivity index (χ4n) is 2.00. The van der Waals surface area contributed by atoms with Gasteiger partial charge in [0.15, 0.2) is 0 Å². The Hall–Kier alpha value is -3.11. The Balaban J connectivity index is 2.17. The summed E-state index contributed by atoms with van der Waals surface area (Å²) in [6.45, 7) is 1.27. The number of nitrogens with one attached hydrogen (secondary N) is 3. The van der Waals surface area contributed by atoms with Crippen molar-refractivity contribution in [3.63, 3.8) is 0 Å². The van der Waals surface area contributed by atoms with Crippen LogP contribution < -0.4 is 20.3 Å². The number of anilines is 1. The van der Waals surface area contributed by atoms with Crippen LogP contribution in [0.1, 0.15) is 17.3 Å². The van der Waals surface area contributed by atoms with Gasteiger partial charge in [-0.1, -0.05) is 0 Å². The first-order valence-corrected chi connectivity index (χ1v) is 8.78. The molecule has 26 heavy (non-hydrogen) atoms. The van der Waals surface area contributed by atoms with Gasteiger partial charge >= 0.3 is 0 Å². The molecule has 0 saturated heterocycles. The van der Waals surface area contributed by atoms with Crippen LogP contribution >= 0.6 is 0 Å². The van der Waals surface area contributed by atoms with E-state index in [2.05, 4.69) is 10.7 Å². The van der Waals surface area contributed by atoms with Gasteiger partial charge < -0.3 is 15.2 Å². The highest BCUT2D eigenvalue weighted by atomic mass is 32.2. The van der Waals surface area contributed by atoms with Crippen LogP contribution in [0.2, 0.25) is 0 Å². The average Bonchev–Trinajstić information content (AvgIpc) is 2.60. The number of methoxy groups -OCH3 is 1. The van der Waals surface area contributed by atoms with E-state index in [1.165, 1.54) is 56.5 Å². The Morgan fingerprint density at radius 1 is 1.08 bits per heavy atom. The van der Waals surface area contributed by atoms with Crippen LogP contribution in [0.15, 0.2) is 47.4 Å². The number of amides is 2. The number of phenols is 1. The second-order valence-electron chi connectivity index (χ2n) is 5.15. The smallest absolute Gasteiger partial charge is 0.266 e. The molecule has 0 heterocycles. The van der Waals surface area contributed by atoms with Gasteiger partial charge in [0.25, 0.3) is 15.9 Å². The number of phenolic OH excluding ortho intramolecular Hbond substituents is 1. The third kappa shape index (κ3) is 4.71. The van der Waals surface area contributed by atoms with Crippen LogP contribution in [0, 0.1) is 0 Å². The molecule has 2 rings (SSSR count). The third-order valence-electron chi connectivity index (χ3n) is 3.22. The lowest BCUT2D eigenvalue weighted by Crippen LogP contribution is -2.41. The highest BCUT2D eigenvalue weighted by Gasteiger charge is 2.18. The summed E-state index contributed by atoms with van der Waals surface area (Å²) in [5, 5.41) is 11.7. The van der Waals surface area contributed by atoms with Gasteiger partial charge in [-0.05, 0) is 42.5 Å². The molecule has 0 aromatic heterocycles. The standard InChI is InChI=1S/C16H17N3O6S/c1-10(20)17-14-9-13(7-8-15(14)25-2)26(23,24)19-18-16(22)11-3-5-12(21)6-4-11/h3-9,19,21H,1-2H3,(H,17,20)(H,18,22). The zero-order valence-corrected chi connectivity index (χ0v) is 14.8. The molecule has 0 saturated carbocycles. The first-order valence-electron chi connectivity index (χ1n) is 7.30. The number of sulfonamides is 1. The van der Waals surface area contributed by atoms with Crippen molar-refractivity contribution in [2.24, 2.45) is 0 Å². The van der Waals surface area contributed by atoms with Gasteiger partial charge in [-0.15, -0.1) is 4.83 Å². The maximum atomic E-state index is 12.3. The Morgan fingerprint density at radius 3 is 2.31 bits per heavy atom. The van der Waals surface area contributed by atoms with Gasteiger partial charge in [0.05, 0.1) is 17.7 Å². The summed E-state index contributed by atoms with van der Waals surface area (Å²) in [5.74, 6) is -0.839. The van der Waals surface area contributed by atoms with Crippen molar-refractivity contribution in [1.29, 1.82) is 0 Å². The van der Waals surface area contributed by atoms with Crippen LogP contribution in [-0.2, 0) is 14.8 Å². The summed E-state index contributed by atoms with van der Waals surface area (Å²) in [5.41, 5.74) is 2.39. The summed E-state index contributed by atoms with van der Waals surface area (Å²) < 4.78 is 29.7. The molecule has 0 spiro atoms. The second-order valence-corrected chi connectivity index (χ2v) is 6.83. The minimum Gasteiger partial charge on any atom is -0.508 e. The van der Waals surface area contributed by atoms with Crippen molar-refractivity contribution < 1.29 is 27.9 Å². The van der Waals surface area contributed by atoms with E-state index < -0.39 is 21.8 Å². The van der Waals surface area contributed by atoms with E-state index in [9.17, 15) is 23.1 Å². The molecule has 2 amide bonds. The lowest BCUT2D eigenvalue weighted by molar-refractivity contribution is -0.114. The molecule has 138 valence electrons. The van der Waals surface area contributed by atoms with E-state index in [1.807, 2.05) is 4.83 Å². The summed E-state index contributed by atoms with van der Waals surface area (Å²) in [7, 11) is -2.71. The predicted molar refractivity (Wildman–Crippen MR) is 93.2 cm³/mol. The SMILES string of the molecule is COc1ccc(S(=O)(=O)NNC(=O)c2ccc(O)cc2)cc1NC(C)=O. The first-order chi connectivity index (χ1) is 12.2. The van der Waals surface area contributed by atoms with Crippen molar-refractivity contribution in [1.82, 2.24) is 10.3 Å². The number of carbonyl (C=O) groups excluding carboxylic acids is 2. The number of hydrogen-bond acceptors (Lipinski definition) is 6. The van der Waals surface area contributed by atoms with Gasteiger partial charge in [0.1, 0.15) is 11.5 Å². The molecule has 2 aromatic carbocycles. The van der Waals surface area contributed by atoms with Crippen molar-refractivity contribution in [2.45, 2.75) is 11.8 Å². The second kappa shape index (κ2) is 7.85. The van der Waals surface area contributed by atoms with Crippen molar-refractivity contribution >= 4 is 27.5 Å². The summed E-state index contributed by atoms with van der Waals surface area (Å²) >= 11 is 0. The Morgan fingerprint density at radius 2 is 1.73 bits per heavy atom. The number of ether oxygens (including phenoxy) is 1. The molecule has 2 aromatic rings. The van der Waals surface area contributed by atoms with E-state index in [4.69, 9.17) is 4.74 Å². The summed E-state index contributed by atoms with van der Waals surface area (Å²) in [4.78, 5) is 25.0. The molecule has 4 N–H and O–H groups in total. The number of carbonyl (C=O) groups is 2. The van der Waals surface area contributed by atoms with Gasteiger partial charge in [0, 0.05) is 12.5 Å². The van der Waals surface area contributed by atoms with E-state index in [-0.39, 0.29) is 27.6 Å². The Kier molecular flexibility index (Phi) is 5.80. The highest BCUT2D eigenvalue weighted by Crippen LogP contribution is 2.27. The number of benzene rings is 2. The van der Waals surface area contributed by atoms with E-state index in [0.717, 1.165) is 0 Å². The Labute approximate surface area is 150 Å². The number of hydrazine groups is 1. The maximum Gasteiger partial charge on any atom is 0.266 e. The molecular formula is C16H17N3O6S. The van der Waals surface area contributed by atoms with Crippen LogP contribution in [0.3, 0.4) is 0 Å². The molecule has 0 atom stereocenters. The lowest BCUT2D eigenvalue weighted by Gasteiger charge is -2.12. The van der Waals surface area contributed by atoms with Crippen LogP contribution in [-0.4, -0.2) is 32.4 Å². The zero-order chi connectivity index (χ0) is 19.3. The topological polar surface area (TPSA) is 134 Å². The lowest BCUT2D eigenvalue weighted by atomic mass is 10.2. The fourth-order valence-corrected chi connectivity index (χ4v) is 2.86. The maximum absolute atomic E-state index is 12.3. The van der Waals surface area contributed by atoms with Crippen molar-refractivity contribution in [3.05, 3.63) is 48.0 Å². The van der Waals surface area contributed by atoms with Gasteiger partial charge in [0.2, 0.25) is 5.91 Å². The third-order valence-corrected chi connectivity index (χ3v) is 4.47. The zero-order valence-electron chi connectivity index (χ0n) is 13.9. The molecule has 0 bridgehead atoms. The first kappa shape index (κ1) is 19.2. The number of hydrogen-bond donors (Lipinski definition) is 4. The molecule has 10 heteroatoms. The predicted octanol–water partition coefficient (Wildman–Crippen LogP) is 0.982. The van der Waals surface area contributed by atoms with E-state index in [0.29, 0.717) is 0 Å². The van der Waals surface area contributed by atoms with Crippen LogP contribution in [0.4, 0.5) is 5.69 Å². The minimum atomic E-state index is -4.09. The average molecular weight is 379 g/mol. The molecule has 9 nitrogen and oxygen atoms in total. The number of rotatable bonds is 6. The van der Waals surface area contributed by atoms with E-state index in [1.54, 1.807) is 0 Å². The minimum absolute atomic E-state index is 0.0223. The Bertz CT molecular complexity index is 926. The number of aromatic hydroxyl groups is 1.